The molecule has 1 saturated carbocycles. The molecule has 1 aliphatic carbocycles. The summed E-state index contributed by atoms with van der Waals surface area (Å²) >= 11 is 0. The molecule has 0 radical (unpaired) electrons. The third kappa shape index (κ3) is 5.07. The molecule has 0 aromatic heterocycles. The maximum absolute atomic E-state index is 11.9. The smallest absolute Gasteiger partial charge is 0.237 e. The van der Waals surface area contributed by atoms with Crippen LogP contribution in [0.1, 0.15) is 60.8 Å². The van der Waals surface area contributed by atoms with Crippen LogP contribution in [0.25, 0.3) is 0 Å². The summed E-state index contributed by atoms with van der Waals surface area (Å²) in [6.45, 7) is 12.6. The number of amides is 1. The average Bonchev–Trinajstić information content (AvgIpc) is 2.42. The molecule has 0 aromatic rings. The molecular weight excluding hydrogens is 212 g/mol. The number of rotatable bonds is 3. The van der Waals surface area contributed by atoms with Crippen molar-refractivity contribution >= 4 is 5.91 Å². The molecule has 17 heavy (non-hydrogen) atoms. The predicted molar refractivity (Wildman–Crippen MR) is 71.9 cm³/mol. The average molecular weight is 240 g/mol. The first kappa shape index (κ1) is 14.5. The van der Waals surface area contributed by atoms with Crippen LogP contribution in [-0.2, 0) is 4.79 Å². The molecule has 3 nitrogen and oxygen atoms in total. The molecule has 0 bridgehead atoms. The standard InChI is InChI=1S/C14H28N2O/c1-10(12(17)16-13(2,3)4)15-11-7-8-14(5,6)9-11/h10-11,15H,7-9H2,1-6H3,(H,16,17). The Labute approximate surface area is 106 Å². The molecule has 2 unspecified atom stereocenters. The van der Waals surface area contributed by atoms with E-state index in [4.69, 9.17) is 0 Å². The lowest BCUT2D eigenvalue weighted by Crippen LogP contribution is -2.51. The summed E-state index contributed by atoms with van der Waals surface area (Å²) in [5.74, 6) is 0.0993. The van der Waals surface area contributed by atoms with Gasteiger partial charge in [0.05, 0.1) is 6.04 Å². The van der Waals surface area contributed by atoms with Gasteiger partial charge in [-0.25, -0.2) is 0 Å². The molecule has 0 aliphatic heterocycles. The quantitative estimate of drug-likeness (QED) is 0.795. The molecule has 0 heterocycles. The van der Waals surface area contributed by atoms with E-state index >= 15 is 0 Å². The van der Waals surface area contributed by atoms with Crippen LogP contribution in [0.5, 0.6) is 0 Å². The van der Waals surface area contributed by atoms with E-state index in [9.17, 15) is 4.79 Å². The third-order valence-electron chi connectivity index (χ3n) is 3.35. The zero-order chi connectivity index (χ0) is 13.3. The SMILES string of the molecule is CC(NC1CCC(C)(C)C1)C(=O)NC(C)(C)C. The molecule has 3 heteroatoms. The maximum atomic E-state index is 11.9. The summed E-state index contributed by atoms with van der Waals surface area (Å²) in [6.07, 6.45) is 3.60. The van der Waals surface area contributed by atoms with Crippen molar-refractivity contribution < 1.29 is 4.79 Å². The zero-order valence-corrected chi connectivity index (χ0v) is 12.2. The molecule has 2 atom stereocenters. The first-order chi connectivity index (χ1) is 7.59. The normalized spacial score (nSPS) is 25.6. The Hall–Kier alpha value is -0.570. The molecular formula is C14H28N2O. The van der Waals surface area contributed by atoms with Gasteiger partial charge in [0.25, 0.3) is 0 Å². The van der Waals surface area contributed by atoms with Crippen molar-refractivity contribution in [1.82, 2.24) is 10.6 Å². The first-order valence-electron chi connectivity index (χ1n) is 6.67. The molecule has 0 aromatic carbocycles. The molecule has 0 spiro atoms. The van der Waals surface area contributed by atoms with Crippen molar-refractivity contribution in [2.24, 2.45) is 5.41 Å². The Balaban J connectivity index is 2.40. The minimum absolute atomic E-state index is 0.0993. The summed E-state index contributed by atoms with van der Waals surface area (Å²) in [4.78, 5) is 11.9. The molecule has 1 fully saturated rings. The van der Waals surface area contributed by atoms with Gasteiger partial charge in [0.1, 0.15) is 0 Å². The van der Waals surface area contributed by atoms with Crippen molar-refractivity contribution in [3.05, 3.63) is 0 Å². The summed E-state index contributed by atoms with van der Waals surface area (Å²) < 4.78 is 0. The minimum Gasteiger partial charge on any atom is -0.350 e. The lowest BCUT2D eigenvalue weighted by atomic mass is 9.92. The predicted octanol–water partition coefficient (Wildman–Crippen LogP) is 2.46. The van der Waals surface area contributed by atoms with E-state index in [-0.39, 0.29) is 17.5 Å². The van der Waals surface area contributed by atoms with Gasteiger partial charge in [0.15, 0.2) is 0 Å². The van der Waals surface area contributed by atoms with Gasteiger partial charge in [-0.2, -0.15) is 0 Å². The zero-order valence-electron chi connectivity index (χ0n) is 12.2. The van der Waals surface area contributed by atoms with Crippen LogP contribution in [-0.4, -0.2) is 23.5 Å². The largest absolute Gasteiger partial charge is 0.350 e. The van der Waals surface area contributed by atoms with E-state index in [0.29, 0.717) is 11.5 Å². The number of nitrogens with one attached hydrogen (secondary N) is 2. The van der Waals surface area contributed by atoms with Gasteiger partial charge in [-0.05, 0) is 52.4 Å². The second-order valence-electron chi connectivity index (χ2n) is 7.23. The fourth-order valence-corrected chi connectivity index (χ4v) is 2.49. The van der Waals surface area contributed by atoms with Crippen LogP contribution in [0.4, 0.5) is 0 Å². The Morgan fingerprint density at radius 1 is 1.35 bits per heavy atom. The third-order valence-corrected chi connectivity index (χ3v) is 3.35. The van der Waals surface area contributed by atoms with Crippen LogP contribution in [0.15, 0.2) is 0 Å². The van der Waals surface area contributed by atoms with E-state index < -0.39 is 0 Å². The molecule has 2 N–H and O–H groups in total. The molecule has 100 valence electrons. The van der Waals surface area contributed by atoms with Crippen molar-refractivity contribution in [3.8, 4) is 0 Å². The van der Waals surface area contributed by atoms with Crippen LogP contribution < -0.4 is 10.6 Å². The highest BCUT2D eigenvalue weighted by atomic mass is 16.2. The highest BCUT2D eigenvalue weighted by Gasteiger charge is 2.32. The topological polar surface area (TPSA) is 41.1 Å². The van der Waals surface area contributed by atoms with Crippen LogP contribution in [0, 0.1) is 5.41 Å². The van der Waals surface area contributed by atoms with Crippen LogP contribution in [0.3, 0.4) is 0 Å². The van der Waals surface area contributed by atoms with Crippen LogP contribution >= 0.6 is 0 Å². The molecule has 1 rings (SSSR count). The monoisotopic (exact) mass is 240 g/mol. The lowest BCUT2D eigenvalue weighted by Gasteiger charge is -2.26. The lowest BCUT2D eigenvalue weighted by molar-refractivity contribution is -0.124. The summed E-state index contributed by atoms with van der Waals surface area (Å²) in [7, 11) is 0. The number of hydrogen-bond acceptors (Lipinski definition) is 2. The molecule has 1 aliphatic rings. The van der Waals surface area contributed by atoms with Crippen molar-refractivity contribution in [2.75, 3.05) is 0 Å². The van der Waals surface area contributed by atoms with E-state index in [0.717, 1.165) is 0 Å². The van der Waals surface area contributed by atoms with Gasteiger partial charge < -0.3 is 10.6 Å². The summed E-state index contributed by atoms with van der Waals surface area (Å²) in [5, 5.41) is 6.46. The van der Waals surface area contributed by atoms with E-state index in [1.54, 1.807) is 0 Å². The van der Waals surface area contributed by atoms with E-state index in [2.05, 4.69) is 24.5 Å². The summed E-state index contributed by atoms with van der Waals surface area (Å²) in [5.41, 5.74) is 0.278. The first-order valence-corrected chi connectivity index (χ1v) is 6.67. The molecule has 0 saturated heterocycles. The fourth-order valence-electron chi connectivity index (χ4n) is 2.49. The number of carbonyl (C=O) groups excluding carboxylic acids is 1. The minimum atomic E-state index is -0.151. The number of hydrogen-bond donors (Lipinski definition) is 2. The second-order valence-corrected chi connectivity index (χ2v) is 7.23. The Bertz CT molecular complexity index is 278. The van der Waals surface area contributed by atoms with Gasteiger partial charge in [0.2, 0.25) is 5.91 Å². The Morgan fingerprint density at radius 2 is 1.94 bits per heavy atom. The maximum Gasteiger partial charge on any atom is 0.237 e. The fraction of sp³-hybridized carbons (Fsp3) is 0.929. The Kier molecular flexibility index (Phi) is 4.23. The van der Waals surface area contributed by atoms with E-state index in [1.807, 2.05) is 27.7 Å². The highest BCUT2D eigenvalue weighted by Crippen LogP contribution is 2.37. The van der Waals surface area contributed by atoms with Gasteiger partial charge >= 0.3 is 0 Å². The van der Waals surface area contributed by atoms with Gasteiger partial charge in [-0.15, -0.1) is 0 Å². The van der Waals surface area contributed by atoms with Crippen molar-refractivity contribution in [1.29, 1.82) is 0 Å². The summed E-state index contributed by atoms with van der Waals surface area (Å²) in [6, 6.07) is 0.388. The van der Waals surface area contributed by atoms with Gasteiger partial charge in [-0.3, -0.25) is 4.79 Å². The van der Waals surface area contributed by atoms with E-state index in [1.165, 1.54) is 19.3 Å². The molecule has 1 amide bonds. The Morgan fingerprint density at radius 3 is 2.35 bits per heavy atom. The van der Waals surface area contributed by atoms with Gasteiger partial charge in [-0.1, -0.05) is 13.8 Å². The van der Waals surface area contributed by atoms with Crippen molar-refractivity contribution in [3.63, 3.8) is 0 Å². The second kappa shape index (κ2) is 4.97. The highest BCUT2D eigenvalue weighted by molar-refractivity contribution is 5.81. The van der Waals surface area contributed by atoms with Gasteiger partial charge in [0, 0.05) is 11.6 Å². The van der Waals surface area contributed by atoms with Crippen molar-refractivity contribution in [2.45, 2.75) is 78.4 Å². The number of carbonyl (C=O) groups is 1. The van der Waals surface area contributed by atoms with Crippen LogP contribution in [0.2, 0.25) is 0 Å².